The minimum atomic E-state index is -0.683. The molecule has 0 spiro atoms. The summed E-state index contributed by atoms with van der Waals surface area (Å²) in [7, 11) is 0. The van der Waals surface area contributed by atoms with Crippen LogP contribution < -0.4 is 5.32 Å². The summed E-state index contributed by atoms with van der Waals surface area (Å²) in [6.45, 7) is 3.23. The smallest absolute Gasteiger partial charge is 0.118 e. The summed E-state index contributed by atoms with van der Waals surface area (Å²) in [5.74, 6) is 0.119. The van der Waals surface area contributed by atoms with E-state index in [2.05, 4.69) is 17.9 Å². The molecule has 1 aliphatic rings. The van der Waals surface area contributed by atoms with Gasteiger partial charge < -0.3 is 5.32 Å². The lowest BCUT2D eigenvalue weighted by atomic mass is 10.0. The lowest BCUT2D eigenvalue weighted by Crippen LogP contribution is -2.21. The van der Waals surface area contributed by atoms with E-state index in [-0.39, 0.29) is 11.2 Å². The van der Waals surface area contributed by atoms with Crippen LogP contribution in [0.1, 0.15) is 6.92 Å². The Morgan fingerprint density at radius 1 is 1.67 bits per heavy atom. The highest BCUT2D eigenvalue weighted by molar-refractivity contribution is 7.80. The number of thiol groups is 1. The van der Waals surface area contributed by atoms with Crippen molar-refractivity contribution >= 4 is 12.6 Å². The summed E-state index contributed by atoms with van der Waals surface area (Å²) in [5, 5.41) is 3.16. The number of nitrogens with one attached hydrogen (secondary N) is 1. The van der Waals surface area contributed by atoms with Crippen molar-refractivity contribution in [2.75, 3.05) is 13.1 Å². The van der Waals surface area contributed by atoms with Crippen LogP contribution in [0, 0.1) is 5.92 Å². The van der Waals surface area contributed by atoms with E-state index >= 15 is 0 Å². The van der Waals surface area contributed by atoms with Gasteiger partial charge in [-0.15, -0.1) is 0 Å². The fourth-order valence-electron chi connectivity index (χ4n) is 1.14. The van der Waals surface area contributed by atoms with E-state index in [9.17, 15) is 4.39 Å². The van der Waals surface area contributed by atoms with Gasteiger partial charge in [-0.3, -0.25) is 0 Å². The highest BCUT2D eigenvalue weighted by Gasteiger charge is 2.29. The van der Waals surface area contributed by atoms with Gasteiger partial charge in [-0.1, -0.05) is 6.92 Å². The SMILES string of the molecule is CC(S)C1CNCC1F. The highest BCUT2D eigenvalue weighted by Crippen LogP contribution is 2.19. The zero-order valence-corrected chi connectivity index (χ0v) is 6.37. The minimum absolute atomic E-state index is 0.119. The van der Waals surface area contributed by atoms with Crippen LogP contribution >= 0.6 is 12.6 Å². The highest BCUT2D eigenvalue weighted by atomic mass is 32.1. The zero-order chi connectivity index (χ0) is 6.85. The third-order valence-electron chi connectivity index (χ3n) is 1.80. The second-order valence-electron chi connectivity index (χ2n) is 2.58. The van der Waals surface area contributed by atoms with Gasteiger partial charge in [0.1, 0.15) is 6.17 Å². The van der Waals surface area contributed by atoms with Crippen molar-refractivity contribution in [1.29, 1.82) is 0 Å². The van der Waals surface area contributed by atoms with Crippen molar-refractivity contribution < 1.29 is 4.39 Å². The molecule has 1 saturated heterocycles. The van der Waals surface area contributed by atoms with Crippen LogP contribution in [0.25, 0.3) is 0 Å². The van der Waals surface area contributed by atoms with Crippen LogP contribution in [-0.2, 0) is 0 Å². The predicted molar refractivity (Wildman–Crippen MR) is 39.7 cm³/mol. The maximum absolute atomic E-state index is 12.7. The molecule has 1 fully saturated rings. The average Bonchev–Trinajstić information content (AvgIpc) is 2.13. The third kappa shape index (κ3) is 1.58. The third-order valence-corrected chi connectivity index (χ3v) is 2.19. The maximum Gasteiger partial charge on any atom is 0.118 e. The molecule has 1 aliphatic heterocycles. The Morgan fingerprint density at radius 2 is 2.33 bits per heavy atom. The molecule has 0 amide bonds. The van der Waals surface area contributed by atoms with Crippen molar-refractivity contribution in [2.24, 2.45) is 5.92 Å². The van der Waals surface area contributed by atoms with E-state index in [0.29, 0.717) is 6.54 Å². The molecule has 3 atom stereocenters. The number of hydrogen-bond acceptors (Lipinski definition) is 2. The van der Waals surface area contributed by atoms with E-state index < -0.39 is 6.17 Å². The Bertz CT molecular complexity index is 97.1. The largest absolute Gasteiger partial charge is 0.313 e. The van der Waals surface area contributed by atoms with Crippen molar-refractivity contribution in [3.05, 3.63) is 0 Å². The molecule has 1 rings (SSSR count). The lowest BCUT2D eigenvalue weighted by molar-refractivity contribution is 0.283. The molecule has 1 heterocycles. The fraction of sp³-hybridized carbons (Fsp3) is 1.00. The molecule has 0 aliphatic carbocycles. The average molecular weight is 149 g/mol. The Balaban J connectivity index is 2.40. The first kappa shape index (κ1) is 7.35. The predicted octanol–water partition coefficient (Wildman–Crippen LogP) is 0.862. The summed E-state index contributed by atoms with van der Waals surface area (Å²) < 4.78 is 12.7. The number of halogens is 1. The van der Waals surface area contributed by atoms with Gasteiger partial charge in [-0.2, -0.15) is 12.6 Å². The van der Waals surface area contributed by atoms with Gasteiger partial charge in [0, 0.05) is 24.3 Å². The first-order valence-corrected chi connectivity index (χ1v) is 3.76. The quantitative estimate of drug-likeness (QED) is 0.527. The molecule has 9 heavy (non-hydrogen) atoms. The van der Waals surface area contributed by atoms with E-state index in [1.807, 2.05) is 6.92 Å². The maximum atomic E-state index is 12.7. The first-order valence-electron chi connectivity index (χ1n) is 3.24. The molecule has 3 unspecified atom stereocenters. The van der Waals surface area contributed by atoms with Crippen molar-refractivity contribution in [3.8, 4) is 0 Å². The molecular weight excluding hydrogens is 137 g/mol. The van der Waals surface area contributed by atoms with E-state index in [4.69, 9.17) is 0 Å². The second-order valence-corrected chi connectivity index (χ2v) is 3.39. The molecule has 0 bridgehead atoms. The molecule has 54 valence electrons. The second kappa shape index (κ2) is 2.88. The first-order chi connectivity index (χ1) is 4.22. The molecule has 0 saturated carbocycles. The zero-order valence-electron chi connectivity index (χ0n) is 5.47. The van der Waals surface area contributed by atoms with Crippen LogP contribution in [0.15, 0.2) is 0 Å². The standard InChI is InChI=1S/C6H12FNS/c1-4(9)5-2-8-3-6(5)7/h4-6,8-9H,2-3H2,1H3. The molecule has 0 aromatic rings. The Morgan fingerprint density at radius 3 is 2.56 bits per heavy atom. The molecule has 0 aromatic carbocycles. The summed E-state index contributed by atoms with van der Waals surface area (Å²) in [6.07, 6.45) is -0.683. The minimum Gasteiger partial charge on any atom is -0.313 e. The van der Waals surface area contributed by atoms with Crippen molar-refractivity contribution in [1.82, 2.24) is 5.32 Å². The molecule has 0 aromatic heterocycles. The topological polar surface area (TPSA) is 12.0 Å². The number of alkyl halides is 1. The molecule has 1 nitrogen and oxygen atoms in total. The van der Waals surface area contributed by atoms with Gasteiger partial charge in [0.2, 0.25) is 0 Å². The molecular formula is C6H12FNS. The van der Waals surface area contributed by atoms with E-state index in [0.717, 1.165) is 6.54 Å². The van der Waals surface area contributed by atoms with Crippen LogP contribution in [0.3, 0.4) is 0 Å². The Kier molecular flexibility index (Phi) is 2.35. The normalized spacial score (nSPS) is 39.0. The molecule has 3 heteroatoms. The van der Waals surface area contributed by atoms with E-state index in [1.54, 1.807) is 0 Å². The number of rotatable bonds is 1. The van der Waals surface area contributed by atoms with Gasteiger partial charge in [-0.05, 0) is 0 Å². The van der Waals surface area contributed by atoms with Gasteiger partial charge >= 0.3 is 0 Å². The van der Waals surface area contributed by atoms with Crippen molar-refractivity contribution in [3.63, 3.8) is 0 Å². The number of hydrogen-bond donors (Lipinski definition) is 2. The van der Waals surface area contributed by atoms with Gasteiger partial charge in [-0.25, -0.2) is 4.39 Å². The summed E-state index contributed by atoms with van der Waals surface area (Å²) in [6, 6.07) is 0. The summed E-state index contributed by atoms with van der Waals surface area (Å²) in [4.78, 5) is 0. The van der Waals surface area contributed by atoms with Crippen LogP contribution in [-0.4, -0.2) is 24.5 Å². The van der Waals surface area contributed by atoms with Crippen LogP contribution in [0.2, 0.25) is 0 Å². The molecule has 0 radical (unpaired) electrons. The van der Waals surface area contributed by atoms with Crippen molar-refractivity contribution in [2.45, 2.75) is 18.3 Å². The fourth-order valence-corrected chi connectivity index (χ4v) is 1.43. The van der Waals surface area contributed by atoms with Gasteiger partial charge in [0.25, 0.3) is 0 Å². The Labute approximate surface area is 60.4 Å². The molecule has 1 N–H and O–H groups in total. The van der Waals surface area contributed by atoms with Gasteiger partial charge in [0.15, 0.2) is 0 Å². The van der Waals surface area contributed by atoms with Gasteiger partial charge in [0.05, 0.1) is 0 Å². The summed E-state index contributed by atoms with van der Waals surface area (Å²) in [5.41, 5.74) is 0. The Hall–Kier alpha value is 0.240. The van der Waals surface area contributed by atoms with E-state index in [1.165, 1.54) is 0 Å². The monoisotopic (exact) mass is 149 g/mol. The van der Waals surface area contributed by atoms with Crippen LogP contribution in [0.5, 0.6) is 0 Å². The lowest BCUT2D eigenvalue weighted by Gasteiger charge is -2.13. The summed E-state index contributed by atoms with van der Waals surface area (Å²) >= 11 is 4.17. The van der Waals surface area contributed by atoms with Crippen LogP contribution in [0.4, 0.5) is 4.39 Å².